The molecule has 9 unspecified atom stereocenters. The monoisotopic (exact) mass is 419 g/mol. The van der Waals surface area contributed by atoms with Crippen molar-refractivity contribution < 1.29 is 14.3 Å². The van der Waals surface area contributed by atoms with Gasteiger partial charge in [-0.1, -0.05) is 48.0 Å². The zero-order valence-corrected chi connectivity index (χ0v) is 20.2. The fraction of sp³-hybridized carbons (Fsp3) is 0.923. The van der Waals surface area contributed by atoms with Gasteiger partial charge in [0.25, 0.3) is 0 Å². The van der Waals surface area contributed by atoms with Crippen molar-refractivity contribution in [3.8, 4) is 0 Å². The molecule has 0 aromatic carbocycles. The van der Waals surface area contributed by atoms with Crippen LogP contribution in [-0.4, -0.2) is 24.4 Å². The summed E-state index contributed by atoms with van der Waals surface area (Å²) in [6.45, 7) is 13.6. The van der Waals surface area contributed by atoms with Crippen molar-refractivity contribution in [2.75, 3.05) is 0 Å². The van der Waals surface area contributed by atoms with Crippen LogP contribution in [-0.2, 0) is 14.3 Å². The molecule has 0 aromatic heterocycles. The molecule has 4 heteroatoms. The molecule has 3 aliphatic rings. The van der Waals surface area contributed by atoms with Crippen LogP contribution in [0.1, 0.15) is 92.9 Å². The van der Waals surface area contributed by atoms with Crippen LogP contribution in [0.3, 0.4) is 0 Å². The van der Waals surface area contributed by atoms with Crippen molar-refractivity contribution in [3.63, 3.8) is 0 Å². The summed E-state index contributed by atoms with van der Waals surface area (Å²) in [5.74, 6) is 2.70. The zero-order chi connectivity index (χ0) is 22.3. The van der Waals surface area contributed by atoms with Gasteiger partial charge in [0, 0.05) is 5.92 Å². The summed E-state index contributed by atoms with van der Waals surface area (Å²) in [5, 5.41) is 0. The Bertz CT molecular complexity index is 634. The summed E-state index contributed by atoms with van der Waals surface area (Å²) in [6.07, 6.45) is 10.1. The second kappa shape index (κ2) is 8.92. The van der Waals surface area contributed by atoms with Gasteiger partial charge in [0.15, 0.2) is 0 Å². The second-order valence-corrected chi connectivity index (χ2v) is 11.7. The van der Waals surface area contributed by atoms with Crippen molar-refractivity contribution in [3.05, 3.63) is 0 Å². The second-order valence-electron chi connectivity index (χ2n) is 11.7. The Morgan fingerprint density at radius 3 is 2.33 bits per heavy atom. The quantitative estimate of drug-likeness (QED) is 0.464. The number of rotatable bonds is 6. The lowest BCUT2D eigenvalue weighted by Crippen LogP contribution is -2.51. The molecule has 3 fully saturated rings. The van der Waals surface area contributed by atoms with Crippen LogP contribution in [0.2, 0.25) is 0 Å². The van der Waals surface area contributed by atoms with Gasteiger partial charge in [-0.25, -0.2) is 0 Å². The first-order chi connectivity index (χ1) is 14.1. The average Bonchev–Trinajstić information content (AvgIpc) is 3.05. The summed E-state index contributed by atoms with van der Waals surface area (Å²) >= 11 is 0. The van der Waals surface area contributed by atoms with E-state index in [1.165, 1.54) is 25.5 Å². The minimum absolute atomic E-state index is 0.00964. The Hall–Kier alpha value is -0.900. The Morgan fingerprint density at radius 1 is 1.10 bits per heavy atom. The van der Waals surface area contributed by atoms with E-state index in [9.17, 15) is 9.59 Å². The molecular weight excluding hydrogens is 374 g/mol. The third-order valence-corrected chi connectivity index (χ3v) is 10.0. The number of aldehydes is 1. The standard InChI is InChI=1S/C26H45NO3/c1-7-18-14-20(30-24(29)23(27)16(2)3)10-12-25(18,5)22-11-13-26(6)19(15-28)8-9-21(26)17(22)4/h15-23H,7-14,27H2,1-6H3. The van der Waals surface area contributed by atoms with Gasteiger partial charge in [0.2, 0.25) is 0 Å². The molecule has 0 heterocycles. The number of hydrogen-bond acceptors (Lipinski definition) is 4. The molecule has 0 radical (unpaired) electrons. The summed E-state index contributed by atoms with van der Waals surface area (Å²) in [6, 6.07) is -0.525. The van der Waals surface area contributed by atoms with Crippen LogP contribution in [0.25, 0.3) is 0 Å². The first-order valence-electron chi connectivity index (χ1n) is 12.5. The van der Waals surface area contributed by atoms with E-state index in [1.807, 2.05) is 13.8 Å². The van der Waals surface area contributed by atoms with Crippen LogP contribution < -0.4 is 5.73 Å². The number of nitrogens with two attached hydrogens (primary N) is 1. The Kier molecular flexibility index (Phi) is 7.06. The number of hydrogen-bond donors (Lipinski definition) is 1. The van der Waals surface area contributed by atoms with Gasteiger partial charge in [-0.15, -0.1) is 0 Å². The predicted molar refractivity (Wildman–Crippen MR) is 121 cm³/mol. The maximum Gasteiger partial charge on any atom is 0.323 e. The highest BCUT2D eigenvalue weighted by Gasteiger charge is 2.57. The van der Waals surface area contributed by atoms with E-state index in [-0.39, 0.29) is 34.7 Å². The predicted octanol–water partition coefficient (Wildman–Crippen LogP) is 5.38. The van der Waals surface area contributed by atoms with Crippen LogP contribution in [0, 0.1) is 46.3 Å². The molecule has 30 heavy (non-hydrogen) atoms. The molecule has 3 saturated carbocycles. The zero-order valence-electron chi connectivity index (χ0n) is 20.2. The largest absolute Gasteiger partial charge is 0.461 e. The van der Waals surface area contributed by atoms with E-state index in [1.54, 1.807) is 0 Å². The van der Waals surface area contributed by atoms with Crippen molar-refractivity contribution in [1.82, 2.24) is 0 Å². The van der Waals surface area contributed by atoms with Crippen LogP contribution in [0.4, 0.5) is 0 Å². The van der Waals surface area contributed by atoms with Gasteiger partial charge < -0.3 is 15.3 Å². The molecule has 0 saturated heterocycles. The highest BCUT2D eigenvalue weighted by Crippen LogP contribution is 2.63. The maximum atomic E-state index is 12.4. The lowest BCUT2D eigenvalue weighted by molar-refractivity contribution is -0.159. The van der Waals surface area contributed by atoms with E-state index in [2.05, 4.69) is 27.7 Å². The van der Waals surface area contributed by atoms with Gasteiger partial charge in [-0.2, -0.15) is 0 Å². The van der Waals surface area contributed by atoms with Crippen LogP contribution >= 0.6 is 0 Å². The van der Waals surface area contributed by atoms with E-state index in [0.29, 0.717) is 23.7 Å². The highest BCUT2D eigenvalue weighted by molar-refractivity contribution is 5.75. The normalized spacial score (nSPS) is 45.1. The van der Waals surface area contributed by atoms with Crippen LogP contribution in [0.15, 0.2) is 0 Å². The summed E-state index contributed by atoms with van der Waals surface area (Å²) in [7, 11) is 0. The van der Waals surface area contributed by atoms with E-state index in [0.717, 1.165) is 32.1 Å². The lowest BCUT2D eigenvalue weighted by atomic mass is 9.49. The fourth-order valence-corrected chi connectivity index (χ4v) is 7.82. The van der Waals surface area contributed by atoms with E-state index >= 15 is 0 Å². The fourth-order valence-electron chi connectivity index (χ4n) is 7.82. The van der Waals surface area contributed by atoms with Crippen LogP contribution in [0.5, 0.6) is 0 Å². The third kappa shape index (κ3) is 3.98. The molecule has 0 spiro atoms. The molecule has 3 rings (SSSR count). The Morgan fingerprint density at radius 2 is 1.73 bits per heavy atom. The number of carbonyl (C=O) groups excluding carboxylic acids is 2. The van der Waals surface area contributed by atoms with Gasteiger partial charge in [0.05, 0.1) is 0 Å². The summed E-state index contributed by atoms with van der Waals surface area (Å²) < 4.78 is 5.87. The molecule has 4 nitrogen and oxygen atoms in total. The molecule has 172 valence electrons. The molecular formula is C26H45NO3. The molecule has 0 aromatic rings. The average molecular weight is 420 g/mol. The minimum Gasteiger partial charge on any atom is -0.461 e. The van der Waals surface area contributed by atoms with Gasteiger partial charge >= 0.3 is 5.97 Å². The molecule has 0 bridgehead atoms. The summed E-state index contributed by atoms with van der Waals surface area (Å²) in [5.41, 5.74) is 6.51. The van der Waals surface area contributed by atoms with Gasteiger partial charge in [-0.3, -0.25) is 4.79 Å². The van der Waals surface area contributed by atoms with Gasteiger partial charge in [-0.05, 0) is 85.4 Å². The number of esters is 1. The molecule has 0 amide bonds. The topological polar surface area (TPSA) is 69.4 Å². The number of fused-ring (bicyclic) bond motifs is 1. The lowest BCUT2D eigenvalue weighted by Gasteiger charge is -2.56. The number of carbonyl (C=O) groups is 2. The SMILES string of the molecule is CCC1CC(OC(=O)C(N)C(C)C)CCC1(C)C1CCC2(C)C(C=O)CCC2C1C. The minimum atomic E-state index is -0.525. The van der Waals surface area contributed by atoms with Crippen molar-refractivity contribution in [2.45, 2.75) is 105 Å². The van der Waals surface area contributed by atoms with Crippen molar-refractivity contribution in [2.24, 2.45) is 52.1 Å². The third-order valence-electron chi connectivity index (χ3n) is 10.0. The first-order valence-corrected chi connectivity index (χ1v) is 12.5. The van der Waals surface area contributed by atoms with E-state index < -0.39 is 6.04 Å². The Labute approximate surface area is 184 Å². The first kappa shape index (κ1) is 23.8. The van der Waals surface area contributed by atoms with Crippen molar-refractivity contribution in [1.29, 1.82) is 0 Å². The highest BCUT2D eigenvalue weighted by atomic mass is 16.5. The molecule has 2 N–H and O–H groups in total. The molecule has 0 aliphatic heterocycles. The summed E-state index contributed by atoms with van der Waals surface area (Å²) in [4.78, 5) is 24.1. The maximum absolute atomic E-state index is 12.4. The van der Waals surface area contributed by atoms with Gasteiger partial charge in [0.1, 0.15) is 18.4 Å². The smallest absolute Gasteiger partial charge is 0.323 e. The van der Waals surface area contributed by atoms with Crippen molar-refractivity contribution >= 4 is 12.3 Å². The number of ether oxygens (including phenoxy) is 1. The Balaban J connectivity index is 1.71. The molecule has 3 aliphatic carbocycles. The van der Waals surface area contributed by atoms with E-state index in [4.69, 9.17) is 10.5 Å². The molecule has 9 atom stereocenters.